The number of piperazine rings is 2. The fourth-order valence-electron chi connectivity index (χ4n) is 9.03. The molecule has 15 nitrogen and oxygen atoms in total. The summed E-state index contributed by atoms with van der Waals surface area (Å²) in [5, 5.41) is -0.118. The van der Waals surface area contributed by atoms with Crippen LogP contribution in [0.3, 0.4) is 0 Å². The van der Waals surface area contributed by atoms with Gasteiger partial charge in [0.05, 0.1) is 40.9 Å². The van der Waals surface area contributed by atoms with Gasteiger partial charge in [-0.2, -0.15) is 4.98 Å². The van der Waals surface area contributed by atoms with E-state index >= 15 is 0 Å². The van der Waals surface area contributed by atoms with Crippen LogP contribution in [0.2, 0.25) is 0 Å². The molecular weight excluding hydrogens is 897 g/mol. The molecule has 8 aromatic rings. The molecule has 0 unspecified atom stereocenters. The quantitative estimate of drug-likeness (QED) is 0.125. The highest BCUT2D eigenvalue weighted by Gasteiger charge is 2.24. The summed E-state index contributed by atoms with van der Waals surface area (Å²) in [4.78, 5) is 43.2. The zero-order chi connectivity index (χ0) is 49.2. The summed E-state index contributed by atoms with van der Waals surface area (Å²) in [6.07, 6.45) is 4.40. The van der Waals surface area contributed by atoms with Crippen molar-refractivity contribution in [3.63, 3.8) is 0 Å². The van der Waals surface area contributed by atoms with E-state index in [1.54, 1.807) is 19.4 Å². The van der Waals surface area contributed by atoms with Crippen molar-refractivity contribution in [1.82, 2.24) is 49.7 Å². The minimum atomic E-state index is -3.42. The first-order valence-corrected chi connectivity index (χ1v) is 25.9. The summed E-state index contributed by atoms with van der Waals surface area (Å²) in [5.41, 5.74) is 13.2. The van der Waals surface area contributed by atoms with Crippen LogP contribution in [0, 0.1) is 0 Å². The molecule has 2 saturated heterocycles. The standard InChI is InChI=1S/C27H32N6O2S.C27H32N6O/c1-27(2,3)20-10-8-19(9-11-20)25-30-22-6-5-7-23(24(22)31-25)33-16-14-32(15-17-33)18-21-12-13-28-26(29-21)36(4,34)35;1-27(2,3)20-10-8-19(9-11-20)25-30-22-6-5-7-23(24(22)31-25)33-16-14-32(15-17-33)18-21-12-13-28-26(29-21)34-4/h5-13H,14-18H2,1-4H3,(H,30,31);5-13H,14-18H2,1-4H3,(H,30,31). The molecule has 4 aromatic carbocycles. The largest absolute Gasteiger partial charge is 0.467 e. The first-order chi connectivity index (χ1) is 33.5. The summed E-state index contributed by atoms with van der Waals surface area (Å²) in [6.45, 7) is 22.0. The van der Waals surface area contributed by atoms with Crippen LogP contribution in [0.25, 0.3) is 44.8 Å². The van der Waals surface area contributed by atoms with Gasteiger partial charge in [-0.25, -0.2) is 33.3 Å². The van der Waals surface area contributed by atoms with Crippen LogP contribution in [-0.4, -0.2) is 124 Å². The number of hydrogen-bond acceptors (Lipinski definition) is 13. The number of ether oxygens (including phenoxy) is 1. The normalized spacial score (nSPS) is 15.3. The minimum Gasteiger partial charge on any atom is -0.467 e. The van der Waals surface area contributed by atoms with E-state index in [-0.39, 0.29) is 16.0 Å². The van der Waals surface area contributed by atoms with Gasteiger partial charge in [0.1, 0.15) is 22.7 Å². The molecule has 10 rings (SSSR count). The lowest BCUT2D eigenvalue weighted by molar-refractivity contribution is 0.245. The summed E-state index contributed by atoms with van der Waals surface area (Å²) in [7, 11) is -1.82. The fraction of sp³-hybridized carbons (Fsp3) is 0.370. The maximum Gasteiger partial charge on any atom is 0.316 e. The number of imidazole rings is 2. The van der Waals surface area contributed by atoms with Crippen LogP contribution in [0.1, 0.15) is 64.1 Å². The monoisotopic (exact) mass is 960 g/mol. The molecule has 0 spiro atoms. The number of aromatic nitrogens is 8. The van der Waals surface area contributed by atoms with E-state index in [9.17, 15) is 8.42 Å². The Morgan fingerprint density at radius 1 is 0.543 bits per heavy atom. The van der Waals surface area contributed by atoms with E-state index in [2.05, 4.69) is 176 Å². The van der Waals surface area contributed by atoms with Crippen LogP contribution in [0.15, 0.2) is 115 Å². The molecule has 0 aliphatic carbocycles. The molecule has 2 aliphatic heterocycles. The fourth-order valence-corrected chi connectivity index (χ4v) is 9.57. The van der Waals surface area contributed by atoms with Gasteiger partial charge in [-0.3, -0.25) is 9.80 Å². The van der Waals surface area contributed by atoms with Gasteiger partial charge in [0.15, 0.2) is 0 Å². The molecule has 364 valence electrons. The summed E-state index contributed by atoms with van der Waals surface area (Å²) in [6, 6.07) is 34.2. The molecular formula is C54H64N12O3S. The average Bonchev–Trinajstić information content (AvgIpc) is 4.00. The maximum atomic E-state index is 11.8. The Bertz CT molecular complexity index is 3180. The Balaban J connectivity index is 0.000000174. The lowest BCUT2D eigenvalue weighted by Crippen LogP contribution is -2.46. The van der Waals surface area contributed by atoms with Gasteiger partial charge in [0, 0.05) is 95.2 Å². The van der Waals surface area contributed by atoms with E-state index < -0.39 is 9.84 Å². The van der Waals surface area contributed by atoms with Crippen LogP contribution < -0.4 is 14.5 Å². The second-order valence-electron chi connectivity index (χ2n) is 20.3. The van der Waals surface area contributed by atoms with E-state index in [0.29, 0.717) is 12.6 Å². The molecule has 70 heavy (non-hydrogen) atoms. The number of benzene rings is 4. The third-order valence-corrected chi connectivity index (χ3v) is 14.0. The lowest BCUT2D eigenvalue weighted by atomic mass is 9.87. The highest BCUT2D eigenvalue weighted by Crippen LogP contribution is 2.33. The number of aromatic amines is 2. The van der Waals surface area contributed by atoms with Crippen molar-refractivity contribution in [2.75, 3.05) is 75.5 Å². The third-order valence-electron chi connectivity index (χ3n) is 13.1. The molecule has 2 fully saturated rings. The number of nitrogens with one attached hydrogen (secondary N) is 2. The van der Waals surface area contributed by atoms with Crippen LogP contribution in [-0.2, 0) is 33.8 Å². The summed E-state index contributed by atoms with van der Waals surface area (Å²) < 4.78 is 28.7. The Morgan fingerprint density at radius 2 is 0.971 bits per heavy atom. The van der Waals surface area contributed by atoms with Gasteiger partial charge in [-0.15, -0.1) is 0 Å². The molecule has 0 atom stereocenters. The topological polar surface area (TPSA) is 165 Å². The number of rotatable bonds is 10. The van der Waals surface area contributed by atoms with Gasteiger partial charge >= 0.3 is 6.01 Å². The van der Waals surface area contributed by atoms with Crippen LogP contribution >= 0.6 is 0 Å². The number of anilines is 2. The Kier molecular flexibility index (Phi) is 13.7. The Labute approximate surface area is 411 Å². The molecule has 2 N–H and O–H groups in total. The van der Waals surface area contributed by atoms with Gasteiger partial charge in [-0.1, -0.05) is 102 Å². The SMILES string of the molecule is CC(C)(C)c1ccc(-c2nc3c(N4CCN(Cc5ccnc(S(C)(=O)=O)n5)CC4)cccc3[nH]2)cc1.COc1nccc(CN2CCN(c3cccc4[nH]c(-c5ccc(C(C)(C)C)cc5)nc34)CC2)n1. The molecule has 0 bridgehead atoms. The van der Waals surface area contributed by atoms with Crippen molar-refractivity contribution in [3.8, 4) is 28.8 Å². The van der Waals surface area contributed by atoms with Crippen molar-refractivity contribution in [3.05, 3.63) is 132 Å². The molecule has 2 aliphatic rings. The summed E-state index contributed by atoms with van der Waals surface area (Å²) >= 11 is 0. The molecule has 6 heterocycles. The second-order valence-corrected chi connectivity index (χ2v) is 22.2. The van der Waals surface area contributed by atoms with Crippen molar-refractivity contribution in [1.29, 1.82) is 0 Å². The predicted octanol–water partition coefficient (Wildman–Crippen LogP) is 8.69. The van der Waals surface area contributed by atoms with E-state index in [1.807, 2.05) is 6.07 Å². The highest BCUT2D eigenvalue weighted by atomic mass is 32.2. The van der Waals surface area contributed by atoms with Gasteiger partial charge < -0.3 is 24.5 Å². The first kappa shape index (κ1) is 48.3. The zero-order valence-corrected chi connectivity index (χ0v) is 42.4. The number of fused-ring (bicyclic) bond motifs is 2. The third kappa shape index (κ3) is 11.1. The number of H-pyrrole nitrogens is 2. The molecule has 0 saturated carbocycles. The Hall–Kier alpha value is -6.75. The highest BCUT2D eigenvalue weighted by molar-refractivity contribution is 7.90. The number of para-hydroxylation sites is 2. The number of sulfone groups is 1. The molecule has 4 aromatic heterocycles. The van der Waals surface area contributed by atoms with E-state index in [4.69, 9.17) is 14.7 Å². The van der Waals surface area contributed by atoms with Crippen molar-refractivity contribution >= 4 is 43.3 Å². The van der Waals surface area contributed by atoms with Gasteiger partial charge in [0.25, 0.3) is 0 Å². The van der Waals surface area contributed by atoms with E-state index in [0.717, 1.165) is 127 Å². The number of methoxy groups -OCH3 is 1. The summed E-state index contributed by atoms with van der Waals surface area (Å²) in [5.74, 6) is 1.79. The second kappa shape index (κ2) is 19.9. The molecule has 16 heteroatoms. The lowest BCUT2D eigenvalue weighted by Gasteiger charge is -2.36. The van der Waals surface area contributed by atoms with Crippen molar-refractivity contribution in [2.45, 2.75) is 70.6 Å². The van der Waals surface area contributed by atoms with Gasteiger partial charge in [0.2, 0.25) is 15.0 Å². The van der Waals surface area contributed by atoms with Crippen LogP contribution in [0.4, 0.5) is 11.4 Å². The minimum absolute atomic E-state index is 0.116. The molecule has 0 radical (unpaired) electrons. The predicted molar refractivity (Wildman–Crippen MR) is 279 cm³/mol. The maximum absolute atomic E-state index is 11.8. The number of nitrogens with zero attached hydrogens (tertiary/aromatic N) is 10. The van der Waals surface area contributed by atoms with Gasteiger partial charge in [-0.05, 0) is 58.4 Å². The molecule has 0 amide bonds. The van der Waals surface area contributed by atoms with Crippen LogP contribution in [0.5, 0.6) is 6.01 Å². The number of hydrogen-bond donors (Lipinski definition) is 2. The van der Waals surface area contributed by atoms with E-state index in [1.165, 1.54) is 23.0 Å². The van der Waals surface area contributed by atoms with Crippen molar-refractivity contribution in [2.24, 2.45) is 0 Å². The average molecular weight is 961 g/mol. The first-order valence-electron chi connectivity index (χ1n) is 24.0. The Morgan fingerprint density at radius 3 is 1.39 bits per heavy atom. The van der Waals surface area contributed by atoms with Crippen molar-refractivity contribution < 1.29 is 13.2 Å². The zero-order valence-electron chi connectivity index (χ0n) is 41.6. The smallest absolute Gasteiger partial charge is 0.316 e.